The number of hydrogen-bond acceptors (Lipinski definition) is 4. The number of anilines is 1. The number of hydrogen-bond donors (Lipinski definition) is 1. The van der Waals surface area contributed by atoms with Gasteiger partial charge in [-0.05, 0) is 19.9 Å². The lowest BCUT2D eigenvalue weighted by Crippen LogP contribution is -2.02. The van der Waals surface area contributed by atoms with E-state index in [1.807, 2.05) is 32.3 Å². The topological polar surface area (TPSA) is 74.0 Å². The number of nitrogen functional groups attached to an aromatic ring is 1. The first-order valence-corrected chi connectivity index (χ1v) is 5.28. The zero-order valence-electron chi connectivity index (χ0n) is 9.62. The fourth-order valence-electron chi connectivity index (χ4n) is 1.79. The summed E-state index contributed by atoms with van der Waals surface area (Å²) in [5.74, 6) is 1.25. The summed E-state index contributed by atoms with van der Waals surface area (Å²) in [5.41, 5.74) is 8.53. The molecule has 0 radical (unpaired) electrons. The standard InChI is InChI=1S/C11H12N6/c1-7-6-17(15-10(7)12)11-9-5-8(2)14-16(9)4-3-13-11/h3-6H,1-2H3,(H2,12,15). The van der Waals surface area contributed by atoms with Gasteiger partial charge in [-0.25, -0.2) is 14.2 Å². The van der Waals surface area contributed by atoms with Crippen molar-refractivity contribution in [1.82, 2.24) is 24.4 Å². The molecule has 0 amide bonds. The fraction of sp³-hybridized carbons (Fsp3) is 0.182. The second-order valence-electron chi connectivity index (χ2n) is 4.01. The van der Waals surface area contributed by atoms with E-state index in [1.54, 1.807) is 15.4 Å². The summed E-state index contributed by atoms with van der Waals surface area (Å²) < 4.78 is 3.46. The maximum absolute atomic E-state index is 5.75. The number of aryl methyl sites for hydroxylation is 2. The van der Waals surface area contributed by atoms with Gasteiger partial charge in [0.2, 0.25) is 0 Å². The van der Waals surface area contributed by atoms with E-state index in [1.165, 1.54) is 0 Å². The van der Waals surface area contributed by atoms with Crippen LogP contribution < -0.4 is 5.73 Å². The molecule has 3 heterocycles. The van der Waals surface area contributed by atoms with E-state index >= 15 is 0 Å². The summed E-state index contributed by atoms with van der Waals surface area (Å²) >= 11 is 0. The smallest absolute Gasteiger partial charge is 0.179 e. The van der Waals surface area contributed by atoms with Crippen molar-refractivity contribution in [3.63, 3.8) is 0 Å². The molecule has 0 aliphatic rings. The van der Waals surface area contributed by atoms with Crippen molar-refractivity contribution in [2.45, 2.75) is 13.8 Å². The molecule has 0 aliphatic heterocycles. The Hall–Kier alpha value is -2.37. The molecule has 0 spiro atoms. The highest BCUT2D eigenvalue weighted by Gasteiger charge is 2.09. The minimum absolute atomic E-state index is 0.519. The van der Waals surface area contributed by atoms with E-state index < -0.39 is 0 Å². The van der Waals surface area contributed by atoms with E-state index in [0.29, 0.717) is 5.82 Å². The summed E-state index contributed by atoms with van der Waals surface area (Å²) in [7, 11) is 0. The molecule has 2 N–H and O–H groups in total. The minimum Gasteiger partial charge on any atom is -0.382 e. The summed E-state index contributed by atoms with van der Waals surface area (Å²) in [6.45, 7) is 3.86. The third-order valence-electron chi connectivity index (χ3n) is 2.64. The lowest BCUT2D eigenvalue weighted by Gasteiger charge is -2.01. The highest BCUT2D eigenvalue weighted by molar-refractivity contribution is 5.61. The van der Waals surface area contributed by atoms with Crippen LogP contribution in [0.15, 0.2) is 24.7 Å². The average molecular weight is 228 g/mol. The third kappa shape index (κ3) is 1.45. The molecule has 86 valence electrons. The zero-order chi connectivity index (χ0) is 12.0. The molecule has 0 unspecified atom stereocenters. The van der Waals surface area contributed by atoms with Crippen LogP contribution in [-0.2, 0) is 0 Å². The van der Waals surface area contributed by atoms with Crippen molar-refractivity contribution in [1.29, 1.82) is 0 Å². The van der Waals surface area contributed by atoms with Crippen LogP contribution in [0.2, 0.25) is 0 Å². The van der Waals surface area contributed by atoms with Gasteiger partial charge in [-0.1, -0.05) is 0 Å². The largest absolute Gasteiger partial charge is 0.382 e. The van der Waals surface area contributed by atoms with Gasteiger partial charge in [-0.2, -0.15) is 5.10 Å². The van der Waals surface area contributed by atoms with Gasteiger partial charge in [-0.3, -0.25) is 0 Å². The van der Waals surface area contributed by atoms with E-state index in [9.17, 15) is 0 Å². The fourth-order valence-corrected chi connectivity index (χ4v) is 1.79. The van der Waals surface area contributed by atoms with Crippen LogP contribution in [0.5, 0.6) is 0 Å². The summed E-state index contributed by atoms with van der Waals surface area (Å²) in [6, 6.07) is 1.97. The zero-order valence-corrected chi connectivity index (χ0v) is 9.62. The van der Waals surface area contributed by atoms with Gasteiger partial charge in [-0.15, -0.1) is 5.10 Å². The van der Waals surface area contributed by atoms with Crippen LogP contribution in [-0.4, -0.2) is 24.4 Å². The van der Waals surface area contributed by atoms with E-state index in [0.717, 1.165) is 22.6 Å². The van der Waals surface area contributed by atoms with E-state index in [4.69, 9.17) is 5.73 Å². The third-order valence-corrected chi connectivity index (χ3v) is 2.64. The van der Waals surface area contributed by atoms with Crippen LogP contribution in [0.1, 0.15) is 11.3 Å². The number of aromatic nitrogens is 5. The van der Waals surface area contributed by atoms with Gasteiger partial charge in [0.1, 0.15) is 11.3 Å². The molecule has 6 heteroatoms. The first-order chi connectivity index (χ1) is 8.15. The van der Waals surface area contributed by atoms with E-state index in [-0.39, 0.29) is 0 Å². The van der Waals surface area contributed by atoms with Crippen molar-refractivity contribution in [2.75, 3.05) is 5.73 Å². The van der Waals surface area contributed by atoms with Crippen LogP contribution in [0, 0.1) is 13.8 Å². The van der Waals surface area contributed by atoms with Crippen molar-refractivity contribution in [3.8, 4) is 5.82 Å². The molecular weight excluding hydrogens is 216 g/mol. The van der Waals surface area contributed by atoms with Crippen molar-refractivity contribution in [2.24, 2.45) is 0 Å². The number of nitrogens with two attached hydrogens (primary N) is 1. The van der Waals surface area contributed by atoms with Gasteiger partial charge in [0.25, 0.3) is 0 Å². The Morgan fingerprint density at radius 2 is 2.06 bits per heavy atom. The Morgan fingerprint density at radius 3 is 2.76 bits per heavy atom. The molecule has 17 heavy (non-hydrogen) atoms. The Balaban J connectivity index is 2.29. The Kier molecular flexibility index (Phi) is 1.91. The predicted octanol–water partition coefficient (Wildman–Crippen LogP) is 1.11. The molecule has 0 atom stereocenters. The highest BCUT2D eigenvalue weighted by Crippen LogP contribution is 2.16. The van der Waals surface area contributed by atoms with Crippen LogP contribution in [0.3, 0.4) is 0 Å². The Bertz CT molecular complexity index is 674. The minimum atomic E-state index is 0.519. The average Bonchev–Trinajstić information content (AvgIpc) is 2.81. The molecule has 0 fully saturated rings. The molecule has 0 aromatic carbocycles. The molecule has 0 saturated carbocycles. The lowest BCUT2D eigenvalue weighted by molar-refractivity contribution is 0.833. The number of fused-ring (bicyclic) bond motifs is 1. The van der Waals surface area contributed by atoms with Crippen LogP contribution in [0.4, 0.5) is 5.82 Å². The number of rotatable bonds is 1. The van der Waals surface area contributed by atoms with Gasteiger partial charge in [0.15, 0.2) is 5.82 Å². The second kappa shape index (κ2) is 3.31. The molecule has 3 aromatic heterocycles. The van der Waals surface area contributed by atoms with Crippen LogP contribution >= 0.6 is 0 Å². The van der Waals surface area contributed by atoms with Gasteiger partial charge >= 0.3 is 0 Å². The quantitative estimate of drug-likeness (QED) is 0.677. The van der Waals surface area contributed by atoms with Crippen molar-refractivity contribution < 1.29 is 0 Å². The monoisotopic (exact) mass is 228 g/mol. The predicted molar refractivity (Wildman–Crippen MR) is 64.0 cm³/mol. The summed E-state index contributed by atoms with van der Waals surface area (Å²) in [6.07, 6.45) is 5.37. The molecular formula is C11H12N6. The molecule has 0 bridgehead atoms. The van der Waals surface area contributed by atoms with Crippen LogP contribution in [0.25, 0.3) is 11.3 Å². The first kappa shape index (κ1) is 9.83. The number of nitrogens with zero attached hydrogens (tertiary/aromatic N) is 5. The second-order valence-corrected chi connectivity index (χ2v) is 4.01. The molecule has 3 rings (SSSR count). The van der Waals surface area contributed by atoms with Crippen molar-refractivity contribution >= 4 is 11.3 Å². The molecule has 0 saturated heterocycles. The van der Waals surface area contributed by atoms with Gasteiger partial charge < -0.3 is 5.73 Å². The Labute approximate surface area is 97.7 Å². The summed E-state index contributed by atoms with van der Waals surface area (Å²) in [5, 5.41) is 8.56. The van der Waals surface area contributed by atoms with Gasteiger partial charge in [0.05, 0.1) is 5.69 Å². The lowest BCUT2D eigenvalue weighted by atomic mass is 10.4. The molecule has 6 nitrogen and oxygen atoms in total. The van der Waals surface area contributed by atoms with Gasteiger partial charge in [0, 0.05) is 24.2 Å². The van der Waals surface area contributed by atoms with Crippen molar-refractivity contribution in [3.05, 3.63) is 35.9 Å². The first-order valence-electron chi connectivity index (χ1n) is 5.28. The normalized spacial score (nSPS) is 11.2. The molecule has 0 aliphatic carbocycles. The maximum atomic E-state index is 5.75. The van der Waals surface area contributed by atoms with E-state index in [2.05, 4.69) is 15.2 Å². The molecule has 3 aromatic rings. The SMILES string of the molecule is Cc1cc2c(-n3cc(C)c(N)n3)nccn2n1. The Morgan fingerprint density at radius 1 is 1.24 bits per heavy atom. The maximum Gasteiger partial charge on any atom is 0.179 e. The summed E-state index contributed by atoms with van der Waals surface area (Å²) in [4.78, 5) is 4.33. The highest BCUT2D eigenvalue weighted by atomic mass is 15.3.